The van der Waals surface area contributed by atoms with Crippen LogP contribution in [0.25, 0.3) is 0 Å². The van der Waals surface area contributed by atoms with Crippen molar-refractivity contribution in [2.24, 2.45) is 11.1 Å². The van der Waals surface area contributed by atoms with Crippen LogP contribution in [-0.2, 0) is 9.84 Å². The van der Waals surface area contributed by atoms with Gasteiger partial charge in [0.15, 0.2) is 9.84 Å². The Hall–Kier alpha value is -0.0900. The molecule has 0 aliphatic carbocycles. The van der Waals surface area contributed by atoms with Crippen LogP contribution in [0.2, 0.25) is 0 Å². The van der Waals surface area contributed by atoms with E-state index in [9.17, 15) is 8.42 Å². The zero-order valence-electron chi connectivity index (χ0n) is 6.13. The fourth-order valence-corrected chi connectivity index (χ4v) is 3.84. The molecule has 60 valence electrons. The first kappa shape index (κ1) is 8.01. The molecule has 0 bridgehead atoms. The lowest BCUT2D eigenvalue weighted by molar-refractivity contribution is 0.348. The summed E-state index contributed by atoms with van der Waals surface area (Å²) in [7, 11) is -2.67. The fourth-order valence-electron chi connectivity index (χ4n) is 1.51. The molecule has 4 heteroatoms. The van der Waals surface area contributed by atoms with Gasteiger partial charge in [-0.25, -0.2) is 8.42 Å². The summed E-state index contributed by atoms with van der Waals surface area (Å²) in [5.41, 5.74) is 5.31. The van der Waals surface area contributed by atoms with Crippen molar-refractivity contribution in [3.63, 3.8) is 0 Å². The van der Waals surface area contributed by atoms with Gasteiger partial charge in [-0.1, -0.05) is 6.92 Å². The highest BCUT2D eigenvalue weighted by atomic mass is 32.2. The maximum Gasteiger partial charge on any atom is 0.151 e. The lowest BCUT2D eigenvalue weighted by Crippen LogP contribution is -2.47. The number of nitrogens with two attached hydrogens (primary N) is 1. The van der Waals surface area contributed by atoms with Crippen molar-refractivity contribution in [3.05, 3.63) is 0 Å². The molecule has 1 aliphatic rings. The van der Waals surface area contributed by atoms with Crippen LogP contribution in [0.1, 0.15) is 13.3 Å². The van der Waals surface area contributed by atoms with Gasteiger partial charge in [0.25, 0.3) is 0 Å². The van der Waals surface area contributed by atoms with E-state index in [1.807, 2.05) is 6.92 Å². The van der Waals surface area contributed by atoms with Crippen LogP contribution < -0.4 is 5.73 Å². The summed E-state index contributed by atoms with van der Waals surface area (Å²) in [6.07, 6.45) is 0.826. The van der Waals surface area contributed by atoms with Crippen LogP contribution in [0.5, 0.6) is 0 Å². The molecule has 1 saturated heterocycles. The summed E-state index contributed by atoms with van der Waals surface area (Å²) in [6.45, 7) is 2.56. The van der Waals surface area contributed by atoms with Gasteiger partial charge in [0.2, 0.25) is 0 Å². The van der Waals surface area contributed by atoms with Crippen LogP contribution in [0.4, 0.5) is 0 Å². The Balaban J connectivity index is 2.49. The minimum atomic E-state index is -2.67. The van der Waals surface area contributed by atoms with Gasteiger partial charge in [-0.15, -0.1) is 0 Å². The van der Waals surface area contributed by atoms with E-state index in [-0.39, 0.29) is 5.41 Å². The van der Waals surface area contributed by atoms with Crippen LogP contribution in [-0.4, -0.2) is 26.5 Å². The van der Waals surface area contributed by atoms with Crippen molar-refractivity contribution in [1.29, 1.82) is 0 Å². The Labute approximate surface area is 61.5 Å². The fraction of sp³-hybridized carbons (Fsp3) is 1.00. The molecule has 0 aromatic carbocycles. The standard InChI is InChI=1S/C6H13NO2S/c1-6(2-3-7)4-10(8,9)5-6/h2-5,7H2,1H3. The lowest BCUT2D eigenvalue weighted by atomic mass is 9.91. The molecule has 0 radical (unpaired) electrons. The van der Waals surface area contributed by atoms with Gasteiger partial charge in [0, 0.05) is 0 Å². The van der Waals surface area contributed by atoms with Crippen molar-refractivity contribution in [2.75, 3.05) is 18.1 Å². The third kappa shape index (κ3) is 1.49. The third-order valence-corrected chi connectivity index (χ3v) is 4.16. The third-order valence-electron chi connectivity index (χ3n) is 1.88. The van der Waals surface area contributed by atoms with Gasteiger partial charge >= 0.3 is 0 Å². The average molecular weight is 163 g/mol. The van der Waals surface area contributed by atoms with Gasteiger partial charge in [-0.05, 0) is 18.4 Å². The van der Waals surface area contributed by atoms with Gasteiger partial charge in [-0.2, -0.15) is 0 Å². The van der Waals surface area contributed by atoms with E-state index in [2.05, 4.69) is 0 Å². The Kier molecular flexibility index (Phi) is 1.76. The molecule has 1 heterocycles. The molecular weight excluding hydrogens is 150 g/mol. The highest BCUT2D eigenvalue weighted by molar-refractivity contribution is 7.92. The first-order valence-electron chi connectivity index (χ1n) is 3.38. The smallest absolute Gasteiger partial charge is 0.151 e. The van der Waals surface area contributed by atoms with E-state index in [1.165, 1.54) is 0 Å². The quantitative estimate of drug-likeness (QED) is 0.611. The predicted molar refractivity (Wildman–Crippen MR) is 40.4 cm³/mol. The minimum Gasteiger partial charge on any atom is -0.330 e. The van der Waals surface area contributed by atoms with Gasteiger partial charge in [-0.3, -0.25) is 0 Å². The SMILES string of the molecule is CC1(CCN)CS(=O)(=O)C1. The van der Waals surface area contributed by atoms with Crippen molar-refractivity contribution >= 4 is 9.84 Å². The summed E-state index contributed by atoms with van der Waals surface area (Å²) in [6, 6.07) is 0. The number of sulfone groups is 1. The van der Waals surface area contributed by atoms with E-state index in [4.69, 9.17) is 5.73 Å². The Bertz CT molecular complexity index is 208. The average Bonchev–Trinajstić information content (AvgIpc) is 1.58. The molecule has 0 amide bonds. The zero-order chi connectivity index (χ0) is 7.83. The second-order valence-corrected chi connectivity index (χ2v) is 5.45. The maximum atomic E-state index is 10.7. The monoisotopic (exact) mass is 163 g/mol. The molecule has 1 fully saturated rings. The van der Waals surface area contributed by atoms with Crippen molar-refractivity contribution in [2.45, 2.75) is 13.3 Å². The number of rotatable bonds is 2. The number of hydrogen-bond acceptors (Lipinski definition) is 3. The lowest BCUT2D eigenvalue weighted by Gasteiger charge is -2.37. The molecule has 1 rings (SSSR count). The molecule has 0 aromatic rings. The normalized spacial score (nSPS) is 27.4. The van der Waals surface area contributed by atoms with Gasteiger partial charge in [0.1, 0.15) is 0 Å². The number of hydrogen-bond donors (Lipinski definition) is 1. The molecule has 0 spiro atoms. The summed E-state index contributed by atoms with van der Waals surface area (Å²) >= 11 is 0. The van der Waals surface area contributed by atoms with E-state index < -0.39 is 9.84 Å². The van der Waals surface area contributed by atoms with Crippen LogP contribution in [0, 0.1) is 5.41 Å². The summed E-state index contributed by atoms with van der Waals surface area (Å²) < 4.78 is 21.5. The molecule has 1 aliphatic heterocycles. The summed E-state index contributed by atoms with van der Waals surface area (Å²) in [4.78, 5) is 0. The van der Waals surface area contributed by atoms with Crippen LogP contribution in [0.15, 0.2) is 0 Å². The summed E-state index contributed by atoms with van der Waals surface area (Å²) in [5.74, 6) is 0.661. The Morgan fingerprint density at radius 3 is 2.30 bits per heavy atom. The molecule has 0 aromatic heterocycles. The van der Waals surface area contributed by atoms with Crippen molar-refractivity contribution in [1.82, 2.24) is 0 Å². The largest absolute Gasteiger partial charge is 0.330 e. The van der Waals surface area contributed by atoms with Crippen molar-refractivity contribution < 1.29 is 8.42 Å². The van der Waals surface area contributed by atoms with Crippen LogP contribution in [0.3, 0.4) is 0 Å². The minimum absolute atomic E-state index is 0.00637. The summed E-state index contributed by atoms with van der Waals surface area (Å²) in [5, 5.41) is 0. The van der Waals surface area contributed by atoms with Crippen LogP contribution >= 0.6 is 0 Å². The molecular formula is C6H13NO2S. The van der Waals surface area contributed by atoms with E-state index in [1.54, 1.807) is 0 Å². The first-order chi connectivity index (χ1) is 4.47. The molecule has 0 saturated carbocycles. The molecule has 10 heavy (non-hydrogen) atoms. The van der Waals surface area contributed by atoms with E-state index in [0.717, 1.165) is 6.42 Å². The van der Waals surface area contributed by atoms with Crippen molar-refractivity contribution in [3.8, 4) is 0 Å². The molecule has 0 unspecified atom stereocenters. The Morgan fingerprint density at radius 1 is 1.50 bits per heavy atom. The first-order valence-corrected chi connectivity index (χ1v) is 5.20. The Morgan fingerprint density at radius 2 is 2.00 bits per heavy atom. The van der Waals surface area contributed by atoms with Gasteiger partial charge in [0.05, 0.1) is 11.5 Å². The topological polar surface area (TPSA) is 60.2 Å². The highest BCUT2D eigenvalue weighted by Gasteiger charge is 2.43. The molecule has 3 nitrogen and oxygen atoms in total. The second-order valence-electron chi connectivity index (χ2n) is 3.38. The maximum absolute atomic E-state index is 10.7. The zero-order valence-corrected chi connectivity index (χ0v) is 6.95. The van der Waals surface area contributed by atoms with E-state index in [0.29, 0.717) is 18.1 Å². The molecule has 0 atom stereocenters. The highest BCUT2D eigenvalue weighted by Crippen LogP contribution is 2.34. The second kappa shape index (κ2) is 2.20. The predicted octanol–water partition coefficient (Wildman–Crippen LogP) is -0.230. The molecule has 2 N–H and O–H groups in total. The van der Waals surface area contributed by atoms with Gasteiger partial charge < -0.3 is 5.73 Å². The van der Waals surface area contributed by atoms with E-state index >= 15 is 0 Å².